The van der Waals surface area contributed by atoms with Gasteiger partial charge in [-0.15, -0.1) is 0 Å². The molecule has 1 atom stereocenters. The van der Waals surface area contributed by atoms with Gasteiger partial charge in [0.2, 0.25) is 0 Å². The first-order valence-corrected chi connectivity index (χ1v) is 9.53. The van der Waals surface area contributed by atoms with E-state index in [1.165, 1.54) is 12.1 Å². The van der Waals surface area contributed by atoms with Crippen LogP contribution in [-0.2, 0) is 7.05 Å². The minimum absolute atomic E-state index is 0.0798. The second kappa shape index (κ2) is 7.27. The molecule has 2 amide bonds. The number of piperidine rings is 1. The standard InChI is InChI=1S/C21H22FN5O2/c1-12-17(11-26(2)25-12)21(29)27-7-3-4-13(10-27)19-16(20(23)28)9-14-8-15(22)5-6-18(14)24-19/h5-6,8-9,11,13H,3-4,7,10H2,1-2H3,(H2,23,28)/t13-/m0/s1. The highest BCUT2D eigenvalue weighted by Crippen LogP contribution is 2.31. The zero-order chi connectivity index (χ0) is 20.7. The number of halogens is 1. The van der Waals surface area contributed by atoms with Crippen LogP contribution < -0.4 is 5.73 Å². The lowest BCUT2D eigenvalue weighted by Gasteiger charge is -2.33. The van der Waals surface area contributed by atoms with E-state index in [0.29, 0.717) is 40.9 Å². The van der Waals surface area contributed by atoms with E-state index in [1.54, 1.807) is 35.0 Å². The van der Waals surface area contributed by atoms with E-state index in [1.807, 2.05) is 6.92 Å². The Morgan fingerprint density at radius 2 is 2.03 bits per heavy atom. The van der Waals surface area contributed by atoms with Gasteiger partial charge in [0.15, 0.2) is 0 Å². The van der Waals surface area contributed by atoms with Gasteiger partial charge in [-0.05, 0) is 44.0 Å². The van der Waals surface area contributed by atoms with Crippen LogP contribution in [0.4, 0.5) is 4.39 Å². The van der Waals surface area contributed by atoms with Gasteiger partial charge in [-0.3, -0.25) is 19.3 Å². The molecule has 0 spiro atoms. The van der Waals surface area contributed by atoms with Crippen LogP contribution in [-0.4, -0.2) is 44.6 Å². The lowest BCUT2D eigenvalue weighted by molar-refractivity contribution is 0.0705. The van der Waals surface area contributed by atoms with Crippen molar-refractivity contribution in [1.82, 2.24) is 19.7 Å². The summed E-state index contributed by atoms with van der Waals surface area (Å²) >= 11 is 0. The highest BCUT2D eigenvalue weighted by atomic mass is 19.1. The molecular formula is C21H22FN5O2. The second-order valence-electron chi connectivity index (χ2n) is 7.51. The minimum Gasteiger partial charge on any atom is -0.366 e. The van der Waals surface area contributed by atoms with Crippen LogP contribution in [0.5, 0.6) is 0 Å². The number of hydrogen-bond donors (Lipinski definition) is 1. The molecule has 1 aromatic carbocycles. The van der Waals surface area contributed by atoms with E-state index in [0.717, 1.165) is 12.8 Å². The Kier molecular flexibility index (Phi) is 4.77. The van der Waals surface area contributed by atoms with Crippen molar-refractivity contribution in [2.45, 2.75) is 25.7 Å². The van der Waals surface area contributed by atoms with Crippen LogP contribution in [0, 0.1) is 12.7 Å². The number of nitrogens with two attached hydrogens (primary N) is 1. The number of nitrogens with zero attached hydrogens (tertiary/aromatic N) is 4. The largest absolute Gasteiger partial charge is 0.366 e. The minimum atomic E-state index is -0.606. The van der Waals surface area contributed by atoms with Gasteiger partial charge in [0, 0.05) is 37.6 Å². The average molecular weight is 395 g/mol. The smallest absolute Gasteiger partial charge is 0.257 e. The van der Waals surface area contributed by atoms with E-state index in [4.69, 9.17) is 5.73 Å². The van der Waals surface area contributed by atoms with Gasteiger partial charge in [-0.1, -0.05) is 0 Å². The SMILES string of the molecule is Cc1nn(C)cc1C(=O)N1CCC[C@H](c2nc3ccc(F)cc3cc2C(N)=O)C1. The molecule has 3 heterocycles. The maximum atomic E-state index is 13.6. The first kappa shape index (κ1) is 19.0. The van der Waals surface area contributed by atoms with Gasteiger partial charge in [-0.25, -0.2) is 4.39 Å². The zero-order valence-corrected chi connectivity index (χ0v) is 16.4. The van der Waals surface area contributed by atoms with Crippen molar-refractivity contribution < 1.29 is 14.0 Å². The van der Waals surface area contributed by atoms with Gasteiger partial charge < -0.3 is 10.6 Å². The fourth-order valence-electron chi connectivity index (χ4n) is 4.04. The van der Waals surface area contributed by atoms with E-state index in [2.05, 4.69) is 10.1 Å². The third kappa shape index (κ3) is 3.57. The number of benzene rings is 1. The van der Waals surface area contributed by atoms with Gasteiger partial charge in [0.05, 0.1) is 28.0 Å². The average Bonchev–Trinajstić information content (AvgIpc) is 3.04. The molecule has 7 nitrogen and oxygen atoms in total. The normalized spacial score (nSPS) is 16.9. The molecule has 150 valence electrons. The van der Waals surface area contributed by atoms with Crippen LogP contribution in [0.2, 0.25) is 0 Å². The van der Waals surface area contributed by atoms with Gasteiger partial charge in [0.25, 0.3) is 11.8 Å². The van der Waals surface area contributed by atoms with E-state index < -0.39 is 11.7 Å². The van der Waals surface area contributed by atoms with E-state index in [-0.39, 0.29) is 17.4 Å². The number of likely N-dealkylation sites (tertiary alicyclic amines) is 1. The van der Waals surface area contributed by atoms with Gasteiger partial charge in [-0.2, -0.15) is 5.10 Å². The van der Waals surface area contributed by atoms with Crippen molar-refractivity contribution in [2.24, 2.45) is 12.8 Å². The third-order valence-corrected chi connectivity index (χ3v) is 5.41. The van der Waals surface area contributed by atoms with Crippen LogP contribution in [0.1, 0.15) is 50.9 Å². The van der Waals surface area contributed by atoms with Crippen molar-refractivity contribution in [3.8, 4) is 0 Å². The lowest BCUT2D eigenvalue weighted by Crippen LogP contribution is -2.40. The third-order valence-electron chi connectivity index (χ3n) is 5.41. The topological polar surface area (TPSA) is 94.1 Å². The summed E-state index contributed by atoms with van der Waals surface area (Å²) in [4.78, 5) is 31.5. The number of aromatic nitrogens is 3. The summed E-state index contributed by atoms with van der Waals surface area (Å²) < 4.78 is 15.2. The number of carbonyl (C=O) groups is 2. The van der Waals surface area contributed by atoms with Crippen LogP contribution in [0.3, 0.4) is 0 Å². The van der Waals surface area contributed by atoms with Crippen molar-refractivity contribution in [1.29, 1.82) is 0 Å². The summed E-state index contributed by atoms with van der Waals surface area (Å²) in [5, 5.41) is 4.77. The number of primary amides is 1. The fourth-order valence-corrected chi connectivity index (χ4v) is 4.04. The Hall–Kier alpha value is -3.29. The molecule has 29 heavy (non-hydrogen) atoms. The molecule has 2 aromatic heterocycles. The number of fused-ring (bicyclic) bond motifs is 1. The van der Waals surface area contributed by atoms with Crippen LogP contribution in [0.15, 0.2) is 30.5 Å². The molecule has 1 aliphatic rings. The fraction of sp³-hybridized carbons (Fsp3) is 0.333. The summed E-state index contributed by atoms with van der Waals surface area (Å²) in [7, 11) is 1.78. The Bertz CT molecular complexity index is 1120. The van der Waals surface area contributed by atoms with Crippen molar-refractivity contribution >= 4 is 22.7 Å². The maximum absolute atomic E-state index is 13.6. The van der Waals surface area contributed by atoms with Crippen molar-refractivity contribution in [3.63, 3.8) is 0 Å². The number of carbonyl (C=O) groups excluding carboxylic acids is 2. The van der Waals surface area contributed by atoms with Crippen LogP contribution in [0.25, 0.3) is 10.9 Å². The van der Waals surface area contributed by atoms with Crippen LogP contribution >= 0.6 is 0 Å². The molecule has 2 N–H and O–H groups in total. The molecule has 0 radical (unpaired) electrons. The highest BCUT2D eigenvalue weighted by Gasteiger charge is 2.30. The molecule has 8 heteroatoms. The summed E-state index contributed by atoms with van der Waals surface area (Å²) in [6.45, 7) is 2.88. The molecule has 1 saturated heterocycles. The Balaban J connectivity index is 1.69. The summed E-state index contributed by atoms with van der Waals surface area (Å²) in [5.41, 5.74) is 8.29. The summed E-state index contributed by atoms with van der Waals surface area (Å²) in [5.74, 6) is -1.21. The Morgan fingerprint density at radius 3 is 2.72 bits per heavy atom. The van der Waals surface area contributed by atoms with Crippen molar-refractivity contribution in [3.05, 3.63) is 58.8 Å². The number of rotatable bonds is 3. The summed E-state index contributed by atoms with van der Waals surface area (Å²) in [6.07, 6.45) is 3.30. The Morgan fingerprint density at radius 1 is 1.24 bits per heavy atom. The zero-order valence-electron chi connectivity index (χ0n) is 16.4. The first-order valence-electron chi connectivity index (χ1n) is 9.53. The monoisotopic (exact) mass is 395 g/mol. The molecule has 3 aromatic rings. The highest BCUT2D eigenvalue weighted by molar-refractivity contribution is 5.98. The molecular weight excluding hydrogens is 373 g/mol. The predicted molar refractivity (Wildman–Crippen MR) is 106 cm³/mol. The molecule has 0 aliphatic carbocycles. The molecule has 4 rings (SSSR count). The number of pyridine rings is 1. The number of hydrogen-bond acceptors (Lipinski definition) is 4. The van der Waals surface area contributed by atoms with Crippen molar-refractivity contribution in [2.75, 3.05) is 13.1 Å². The van der Waals surface area contributed by atoms with E-state index in [9.17, 15) is 14.0 Å². The first-order chi connectivity index (χ1) is 13.8. The molecule has 1 aliphatic heterocycles. The lowest BCUT2D eigenvalue weighted by atomic mass is 9.90. The molecule has 0 unspecified atom stereocenters. The molecule has 0 saturated carbocycles. The molecule has 1 fully saturated rings. The van der Waals surface area contributed by atoms with E-state index >= 15 is 0 Å². The maximum Gasteiger partial charge on any atom is 0.257 e. The van der Waals surface area contributed by atoms with Gasteiger partial charge in [0.1, 0.15) is 5.82 Å². The number of amides is 2. The summed E-state index contributed by atoms with van der Waals surface area (Å²) in [6, 6.07) is 5.85. The Labute approximate surface area is 167 Å². The second-order valence-corrected chi connectivity index (χ2v) is 7.51. The predicted octanol–water partition coefficient (Wildman–Crippen LogP) is 2.53. The molecule has 0 bridgehead atoms. The number of aryl methyl sites for hydroxylation is 2. The van der Waals surface area contributed by atoms with Gasteiger partial charge >= 0.3 is 0 Å². The quantitative estimate of drug-likeness (QED) is 0.737.